The SMILES string of the molecule is CCOC(=O)C(=N)c1c(N)c(O)n(Cc2ccccc2)c1O. The third-order valence-corrected chi connectivity index (χ3v) is 3.16. The van der Waals surface area contributed by atoms with Gasteiger partial charge in [-0.3, -0.25) is 9.98 Å². The van der Waals surface area contributed by atoms with Crippen LogP contribution in [0.25, 0.3) is 0 Å². The molecule has 2 rings (SSSR count). The Hall–Kier alpha value is -2.96. The number of benzene rings is 1. The van der Waals surface area contributed by atoms with Crippen molar-refractivity contribution in [3.8, 4) is 11.8 Å². The molecule has 0 amide bonds. The molecule has 0 radical (unpaired) electrons. The van der Waals surface area contributed by atoms with Gasteiger partial charge in [-0.1, -0.05) is 30.3 Å². The monoisotopic (exact) mass is 303 g/mol. The number of nitrogens with two attached hydrogens (primary N) is 1. The van der Waals surface area contributed by atoms with Gasteiger partial charge in [-0.25, -0.2) is 4.79 Å². The molecule has 116 valence electrons. The van der Waals surface area contributed by atoms with Crippen LogP contribution in [-0.2, 0) is 16.1 Å². The number of hydrogen-bond acceptors (Lipinski definition) is 6. The lowest BCUT2D eigenvalue weighted by Crippen LogP contribution is -2.18. The number of rotatable bonds is 5. The van der Waals surface area contributed by atoms with E-state index in [0.29, 0.717) is 0 Å². The molecule has 0 unspecified atom stereocenters. The van der Waals surface area contributed by atoms with Crippen molar-refractivity contribution in [2.24, 2.45) is 0 Å². The first-order valence-electron chi connectivity index (χ1n) is 6.67. The highest BCUT2D eigenvalue weighted by Crippen LogP contribution is 2.37. The molecule has 0 saturated carbocycles. The average molecular weight is 303 g/mol. The van der Waals surface area contributed by atoms with Crippen molar-refractivity contribution in [2.45, 2.75) is 13.5 Å². The Morgan fingerprint density at radius 3 is 2.50 bits per heavy atom. The first-order valence-corrected chi connectivity index (χ1v) is 6.67. The number of esters is 1. The molecule has 0 saturated heterocycles. The summed E-state index contributed by atoms with van der Waals surface area (Å²) in [5.74, 6) is -1.76. The first kappa shape index (κ1) is 15.4. The van der Waals surface area contributed by atoms with Crippen molar-refractivity contribution >= 4 is 17.4 Å². The van der Waals surface area contributed by atoms with E-state index in [2.05, 4.69) is 0 Å². The van der Waals surface area contributed by atoms with Crippen LogP contribution < -0.4 is 5.73 Å². The van der Waals surface area contributed by atoms with Crippen molar-refractivity contribution in [1.29, 1.82) is 5.41 Å². The minimum atomic E-state index is -0.915. The molecule has 2 aromatic rings. The number of nitrogens with zero attached hydrogens (tertiary/aromatic N) is 1. The van der Waals surface area contributed by atoms with Crippen molar-refractivity contribution in [3.63, 3.8) is 0 Å². The topological polar surface area (TPSA) is 122 Å². The number of hydrogen-bond donors (Lipinski definition) is 4. The molecule has 0 aliphatic rings. The molecular formula is C15H17N3O4. The van der Waals surface area contributed by atoms with Crippen molar-refractivity contribution in [1.82, 2.24) is 4.57 Å². The van der Waals surface area contributed by atoms with Gasteiger partial charge in [-0.05, 0) is 12.5 Å². The molecule has 0 aliphatic heterocycles. The lowest BCUT2D eigenvalue weighted by Gasteiger charge is -2.07. The molecule has 7 nitrogen and oxygen atoms in total. The zero-order valence-corrected chi connectivity index (χ0v) is 12.0. The molecule has 0 spiro atoms. The fourth-order valence-electron chi connectivity index (χ4n) is 2.08. The summed E-state index contributed by atoms with van der Waals surface area (Å²) in [4.78, 5) is 11.6. The van der Waals surface area contributed by atoms with Crippen LogP contribution in [0.3, 0.4) is 0 Å². The van der Waals surface area contributed by atoms with Crippen molar-refractivity contribution < 1.29 is 19.7 Å². The van der Waals surface area contributed by atoms with Crippen LogP contribution in [0.1, 0.15) is 18.1 Å². The normalized spacial score (nSPS) is 10.4. The molecule has 0 bridgehead atoms. The average Bonchev–Trinajstić information content (AvgIpc) is 2.72. The van der Waals surface area contributed by atoms with Crippen LogP contribution in [0.2, 0.25) is 0 Å². The number of carbonyl (C=O) groups is 1. The Balaban J connectivity index is 2.40. The fourth-order valence-corrected chi connectivity index (χ4v) is 2.08. The predicted octanol–water partition coefficient (Wildman–Crippen LogP) is 1.46. The van der Waals surface area contributed by atoms with Crippen LogP contribution in [-0.4, -0.2) is 33.1 Å². The van der Waals surface area contributed by atoms with Crippen LogP contribution in [0.15, 0.2) is 30.3 Å². The molecule has 0 aliphatic carbocycles. The van der Waals surface area contributed by atoms with Gasteiger partial charge in [0.25, 0.3) is 0 Å². The third kappa shape index (κ3) is 2.73. The minimum Gasteiger partial charge on any atom is -0.494 e. The summed E-state index contributed by atoms with van der Waals surface area (Å²) < 4.78 is 5.85. The van der Waals surface area contributed by atoms with Gasteiger partial charge in [0.1, 0.15) is 5.69 Å². The highest BCUT2D eigenvalue weighted by Gasteiger charge is 2.27. The van der Waals surface area contributed by atoms with Crippen molar-refractivity contribution in [3.05, 3.63) is 41.5 Å². The molecule has 1 heterocycles. The zero-order chi connectivity index (χ0) is 16.3. The second-order valence-corrected chi connectivity index (χ2v) is 4.60. The quantitative estimate of drug-likeness (QED) is 0.492. The molecule has 0 fully saturated rings. The zero-order valence-electron chi connectivity index (χ0n) is 12.0. The second kappa shape index (κ2) is 6.21. The third-order valence-electron chi connectivity index (χ3n) is 3.16. The lowest BCUT2D eigenvalue weighted by molar-refractivity contribution is -0.135. The molecule has 0 atom stereocenters. The Morgan fingerprint density at radius 2 is 1.91 bits per heavy atom. The maximum absolute atomic E-state index is 11.6. The van der Waals surface area contributed by atoms with E-state index in [9.17, 15) is 15.0 Å². The molecular weight excluding hydrogens is 286 g/mol. The standard InChI is InChI=1S/C15H17N3O4/c1-2-22-15(21)12(17)10-11(16)14(20)18(13(10)19)8-9-6-4-3-5-7-9/h3-7,17,19-20H,2,8,16H2,1H3. The number of anilines is 1. The minimum absolute atomic E-state index is 0.0958. The van der Waals surface area contributed by atoms with E-state index in [4.69, 9.17) is 15.9 Å². The summed E-state index contributed by atoms with van der Waals surface area (Å²) in [6.45, 7) is 1.85. The molecule has 7 heteroatoms. The van der Waals surface area contributed by atoms with Gasteiger partial charge >= 0.3 is 5.97 Å². The molecule has 1 aromatic heterocycles. The number of nitrogen functional groups attached to an aromatic ring is 1. The van der Waals surface area contributed by atoms with Crippen molar-refractivity contribution in [2.75, 3.05) is 12.3 Å². The van der Waals surface area contributed by atoms with Gasteiger partial charge < -0.3 is 20.7 Å². The van der Waals surface area contributed by atoms with Gasteiger partial charge in [0, 0.05) is 0 Å². The van der Waals surface area contributed by atoms with Gasteiger partial charge in [-0.2, -0.15) is 0 Å². The van der Waals surface area contributed by atoms with E-state index < -0.39 is 23.4 Å². The number of aromatic hydroxyl groups is 2. The van der Waals surface area contributed by atoms with Gasteiger partial charge in [0.2, 0.25) is 11.8 Å². The number of ether oxygens (including phenoxy) is 1. The van der Waals surface area contributed by atoms with E-state index >= 15 is 0 Å². The molecule has 5 N–H and O–H groups in total. The Bertz CT molecular complexity index is 707. The Labute approximate surface area is 127 Å². The molecule has 1 aromatic carbocycles. The predicted molar refractivity (Wildman–Crippen MR) is 81.2 cm³/mol. The number of nitrogens with one attached hydrogen (secondary N) is 1. The highest BCUT2D eigenvalue weighted by molar-refractivity contribution is 6.44. The van der Waals surface area contributed by atoms with Crippen LogP contribution in [0.4, 0.5) is 5.69 Å². The Kier molecular flexibility index (Phi) is 4.36. The summed E-state index contributed by atoms with van der Waals surface area (Å²) in [5.41, 5.74) is 5.47. The van der Waals surface area contributed by atoms with Gasteiger partial charge in [0.15, 0.2) is 5.71 Å². The Morgan fingerprint density at radius 1 is 1.27 bits per heavy atom. The summed E-state index contributed by atoms with van der Waals surface area (Å²) in [6.07, 6.45) is 0. The lowest BCUT2D eigenvalue weighted by atomic mass is 10.1. The second-order valence-electron chi connectivity index (χ2n) is 4.60. The summed E-state index contributed by atoms with van der Waals surface area (Å²) in [7, 11) is 0. The maximum atomic E-state index is 11.6. The van der Waals surface area contributed by atoms with Crippen LogP contribution in [0, 0.1) is 5.41 Å². The van der Waals surface area contributed by atoms with Crippen LogP contribution >= 0.6 is 0 Å². The summed E-state index contributed by atoms with van der Waals surface area (Å²) in [5, 5.41) is 28.0. The maximum Gasteiger partial charge on any atom is 0.357 e. The van der Waals surface area contributed by atoms with E-state index in [1.807, 2.05) is 30.3 Å². The highest BCUT2D eigenvalue weighted by atomic mass is 16.5. The van der Waals surface area contributed by atoms with E-state index in [1.165, 1.54) is 0 Å². The smallest absolute Gasteiger partial charge is 0.357 e. The van der Waals surface area contributed by atoms with E-state index in [1.54, 1.807) is 6.92 Å². The first-order chi connectivity index (χ1) is 10.5. The largest absolute Gasteiger partial charge is 0.494 e. The number of aromatic nitrogens is 1. The van der Waals surface area contributed by atoms with Gasteiger partial charge in [-0.15, -0.1) is 0 Å². The van der Waals surface area contributed by atoms with Gasteiger partial charge in [0.05, 0.1) is 18.7 Å². The van der Waals surface area contributed by atoms with Crippen LogP contribution in [0.5, 0.6) is 11.8 Å². The number of carbonyl (C=O) groups excluding carboxylic acids is 1. The summed E-state index contributed by atoms with van der Waals surface area (Å²) in [6, 6.07) is 9.10. The summed E-state index contributed by atoms with van der Waals surface area (Å²) >= 11 is 0. The molecule has 22 heavy (non-hydrogen) atoms. The fraction of sp³-hybridized carbons (Fsp3) is 0.200. The van der Waals surface area contributed by atoms with E-state index in [0.717, 1.165) is 10.1 Å². The van der Waals surface area contributed by atoms with E-state index in [-0.39, 0.29) is 24.4 Å².